The van der Waals surface area contributed by atoms with Crippen LogP contribution in [0.1, 0.15) is 22.6 Å². The maximum absolute atomic E-state index is 14.0. The summed E-state index contributed by atoms with van der Waals surface area (Å²) in [4.78, 5) is 25.8. The number of aromatic amines is 3. The van der Waals surface area contributed by atoms with Crippen LogP contribution in [0.5, 0.6) is 0 Å². The topological polar surface area (TPSA) is 93.5 Å². The van der Waals surface area contributed by atoms with E-state index in [1.54, 1.807) is 18.5 Å². The molecule has 0 spiro atoms. The van der Waals surface area contributed by atoms with E-state index in [4.69, 9.17) is 0 Å². The molecule has 0 fully saturated rings. The van der Waals surface area contributed by atoms with Crippen molar-refractivity contribution in [2.45, 2.75) is 26.3 Å². The Morgan fingerprint density at radius 1 is 1.32 bits per heavy atom. The smallest absolute Gasteiger partial charge is 0.227 e. The molecule has 28 heavy (non-hydrogen) atoms. The number of halogens is 1. The van der Waals surface area contributed by atoms with E-state index >= 15 is 0 Å². The molecule has 0 bridgehead atoms. The first-order valence-corrected chi connectivity index (χ1v) is 9.20. The van der Waals surface area contributed by atoms with Gasteiger partial charge in [0.2, 0.25) is 5.91 Å². The van der Waals surface area contributed by atoms with Gasteiger partial charge in [0.1, 0.15) is 11.6 Å². The van der Waals surface area contributed by atoms with Crippen LogP contribution in [0.15, 0.2) is 30.6 Å². The molecule has 142 valence electrons. The number of H-pyrrole nitrogens is 3. The molecule has 0 unspecified atom stereocenters. The summed E-state index contributed by atoms with van der Waals surface area (Å²) in [5.41, 5.74) is 4.98. The predicted octanol–water partition coefficient (Wildman–Crippen LogP) is 2.86. The van der Waals surface area contributed by atoms with Gasteiger partial charge in [0.15, 0.2) is 0 Å². The molecule has 8 heteroatoms. The number of amides is 1. The molecule has 3 aromatic heterocycles. The Hall–Kier alpha value is -3.42. The number of aromatic nitrogens is 5. The average Bonchev–Trinajstić information content (AvgIpc) is 3.41. The SMILES string of the molecule is Cc1[nH]c2c(F)cccc2c1CC(=O)N1CCc2nc(-c3cn[nH]c3)[nH]c2C1. The summed E-state index contributed by atoms with van der Waals surface area (Å²) in [7, 11) is 0. The van der Waals surface area contributed by atoms with Gasteiger partial charge in [-0.25, -0.2) is 9.37 Å². The Kier molecular flexibility index (Phi) is 3.78. The first-order valence-electron chi connectivity index (χ1n) is 9.20. The Morgan fingerprint density at radius 3 is 3.04 bits per heavy atom. The second-order valence-electron chi connectivity index (χ2n) is 7.13. The first kappa shape index (κ1) is 16.7. The van der Waals surface area contributed by atoms with E-state index in [1.807, 2.05) is 17.9 Å². The highest BCUT2D eigenvalue weighted by atomic mass is 19.1. The second kappa shape index (κ2) is 6.33. The molecular weight excluding hydrogens is 359 g/mol. The van der Waals surface area contributed by atoms with Crippen LogP contribution < -0.4 is 0 Å². The first-order chi connectivity index (χ1) is 13.6. The van der Waals surface area contributed by atoms with Crippen molar-refractivity contribution >= 4 is 16.8 Å². The van der Waals surface area contributed by atoms with E-state index in [0.29, 0.717) is 25.0 Å². The maximum Gasteiger partial charge on any atom is 0.227 e. The van der Waals surface area contributed by atoms with Crippen molar-refractivity contribution in [2.75, 3.05) is 6.54 Å². The van der Waals surface area contributed by atoms with Crippen LogP contribution in [0.3, 0.4) is 0 Å². The largest absolute Gasteiger partial charge is 0.356 e. The lowest BCUT2D eigenvalue weighted by atomic mass is 10.1. The number of nitrogens with one attached hydrogen (secondary N) is 3. The van der Waals surface area contributed by atoms with Crippen molar-refractivity contribution in [3.63, 3.8) is 0 Å². The van der Waals surface area contributed by atoms with Gasteiger partial charge in [0.25, 0.3) is 0 Å². The van der Waals surface area contributed by atoms with Gasteiger partial charge in [-0.3, -0.25) is 9.89 Å². The summed E-state index contributed by atoms with van der Waals surface area (Å²) in [6.45, 7) is 2.99. The van der Waals surface area contributed by atoms with Crippen molar-refractivity contribution in [1.82, 2.24) is 30.0 Å². The molecule has 0 aliphatic carbocycles. The second-order valence-corrected chi connectivity index (χ2v) is 7.13. The van der Waals surface area contributed by atoms with Gasteiger partial charge in [0.05, 0.1) is 41.6 Å². The van der Waals surface area contributed by atoms with Gasteiger partial charge in [-0.2, -0.15) is 5.10 Å². The monoisotopic (exact) mass is 378 g/mol. The zero-order chi connectivity index (χ0) is 19.3. The number of carbonyl (C=O) groups is 1. The van der Waals surface area contributed by atoms with Crippen molar-refractivity contribution in [2.24, 2.45) is 0 Å². The fraction of sp³-hybridized carbons (Fsp3) is 0.250. The standard InChI is InChI=1S/C20H19FN6O/c1-11-14(13-3-2-4-15(21)19(13)24-11)7-18(28)27-6-5-16-17(10-27)26-20(25-16)12-8-22-23-9-12/h2-4,8-9,24H,5-7,10H2,1H3,(H,22,23)(H,25,26). The Labute approximate surface area is 160 Å². The van der Waals surface area contributed by atoms with Crippen LogP contribution in [0, 0.1) is 12.7 Å². The van der Waals surface area contributed by atoms with E-state index in [-0.39, 0.29) is 18.1 Å². The molecule has 3 N–H and O–H groups in total. The quantitative estimate of drug-likeness (QED) is 0.512. The number of carbonyl (C=O) groups excluding carboxylic acids is 1. The molecule has 0 saturated carbocycles. The number of hydrogen-bond acceptors (Lipinski definition) is 3. The predicted molar refractivity (Wildman–Crippen MR) is 102 cm³/mol. The zero-order valence-corrected chi connectivity index (χ0v) is 15.3. The summed E-state index contributed by atoms with van der Waals surface area (Å²) in [5, 5.41) is 7.50. The fourth-order valence-electron chi connectivity index (χ4n) is 3.88. The Balaban J connectivity index is 1.38. The van der Waals surface area contributed by atoms with Crippen LogP contribution in [0.2, 0.25) is 0 Å². The van der Waals surface area contributed by atoms with Crippen LogP contribution in [0.25, 0.3) is 22.3 Å². The molecule has 1 aliphatic heterocycles. The number of nitrogens with zero attached hydrogens (tertiary/aromatic N) is 3. The highest BCUT2D eigenvalue weighted by molar-refractivity contribution is 5.90. The molecule has 4 aromatic rings. The molecule has 0 saturated heterocycles. The highest BCUT2D eigenvalue weighted by Crippen LogP contribution is 2.27. The number of fused-ring (bicyclic) bond motifs is 2. The molecule has 1 amide bonds. The van der Waals surface area contributed by atoms with Gasteiger partial charge in [-0.15, -0.1) is 0 Å². The number of rotatable bonds is 3. The van der Waals surface area contributed by atoms with Gasteiger partial charge in [-0.1, -0.05) is 12.1 Å². The van der Waals surface area contributed by atoms with Crippen LogP contribution >= 0.6 is 0 Å². The van der Waals surface area contributed by atoms with Gasteiger partial charge < -0.3 is 14.9 Å². The van der Waals surface area contributed by atoms with Gasteiger partial charge in [-0.05, 0) is 18.6 Å². The third kappa shape index (κ3) is 2.69. The summed E-state index contributed by atoms with van der Waals surface area (Å²) in [6.07, 6.45) is 4.45. The lowest BCUT2D eigenvalue weighted by Gasteiger charge is -2.26. The van der Waals surface area contributed by atoms with Crippen molar-refractivity contribution in [3.05, 3.63) is 59.1 Å². The summed E-state index contributed by atoms with van der Waals surface area (Å²) in [5.74, 6) is 0.487. The normalized spacial score (nSPS) is 13.9. The molecule has 0 atom stereocenters. The minimum atomic E-state index is -0.300. The van der Waals surface area contributed by atoms with E-state index in [2.05, 4.69) is 25.1 Å². The summed E-state index contributed by atoms with van der Waals surface area (Å²) < 4.78 is 14.0. The number of aryl methyl sites for hydroxylation is 1. The molecule has 1 aliphatic rings. The van der Waals surface area contributed by atoms with Crippen molar-refractivity contribution < 1.29 is 9.18 Å². The molecule has 7 nitrogen and oxygen atoms in total. The minimum Gasteiger partial charge on any atom is -0.356 e. The molecular formula is C20H19FN6O. The minimum absolute atomic E-state index is 0.0263. The van der Waals surface area contributed by atoms with Crippen LogP contribution in [-0.2, 0) is 24.2 Å². The molecule has 5 rings (SSSR count). The Bertz CT molecular complexity index is 1170. The number of para-hydroxylation sites is 1. The average molecular weight is 378 g/mol. The van der Waals surface area contributed by atoms with Crippen LogP contribution in [-0.4, -0.2) is 42.5 Å². The molecule has 1 aromatic carbocycles. The zero-order valence-electron chi connectivity index (χ0n) is 15.3. The maximum atomic E-state index is 14.0. The van der Waals surface area contributed by atoms with Gasteiger partial charge in [0, 0.05) is 30.2 Å². The van der Waals surface area contributed by atoms with Crippen LogP contribution in [0.4, 0.5) is 4.39 Å². The number of benzene rings is 1. The van der Waals surface area contributed by atoms with E-state index in [0.717, 1.165) is 39.4 Å². The highest BCUT2D eigenvalue weighted by Gasteiger charge is 2.25. The number of imidazole rings is 1. The summed E-state index contributed by atoms with van der Waals surface area (Å²) >= 11 is 0. The van der Waals surface area contributed by atoms with E-state index < -0.39 is 0 Å². The third-order valence-electron chi connectivity index (χ3n) is 5.39. The van der Waals surface area contributed by atoms with Crippen molar-refractivity contribution in [3.8, 4) is 11.4 Å². The Morgan fingerprint density at radius 2 is 2.21 bits per heavy atom. The number of hydrogen-bond donors (Lipinski definition) is 3. The van der Waals surface area contributed by atoms with Gasteiger partial charge >= 0.3 is 0 Å². The van der Waals surface area contributed by atoms with E-state index in [9.17, 15) is 9.18 Å². The van der Waals surface area contributed by atoms with Crippen molar-refractivity contribution in [1.29, 1.82) is 0 Å². The lowest BCUT2D eigenvalue weighted by molar-refractivity contribution is -0.131. The lowest BCUT2D eigenvalue weighted by Crippen LogP contribution is -2.37. The summed E-state index contributed by atoms with van der Waals surface area (Å²) in [6, 6.07) is 4.95. The fourth-order valence-corrected chi connectivity index (χ4v) is 3.88. The third-order valence-corrected chi connectivity index (χ3v) is 5.39. The van der Waals surface area contributed by atoms with E-state index in [1.165, 1.54) is 6.07 Å². The molecule has 0 radical (unpaired) electrons. The molecule has 4 heterocycles.